The number of carbonyl (C=O) groups is 2. The zero-order chi connectivity index (χ0) is 38.3. The Morgan fingerprint density at radius 2 is 1.13 bits per heavy atom. The minimum Gasteiger partial charge on any atom is -0.406 e. The molecule has 0 aromatic heterocycles. The fraction of sp³-hybridized carbons (Fsp3) is 0.429. The Kier molecular flexibility index (Phi) is 13.1. The Hall–Kier alpha value is -4.09. The highest BCUT2D eigenvalue weighted by atomic mass is 35.5. The molecule has 0 unspecified atom stereocenters. The summed E-state index contributed by atoms with van der Waals surface area (Å²) in [6, 6.07) is 17.4. The van der Waals surface area contributed by atoms with Gasteiger partial charge in [-0.1, -0.05) is 29.8 Å². The van der Waals surface area contributed by atoms with Gasteiger partial charge in [0, 0.05) is 50.1 Å². The van der Waals surface area contributed by atoms with Crippen LogP contribution in [0.25, 0.3) is 0 Å². The molecule has 52 heavy (non-hydrogen) atoms. The summed E-state index contributed by atoms with van der Waals surface area (Å²) in [5.41, 5.74) is -1.25. The molecule has 0 bridgehead atoms. The van der Waals surface area contributed by atoms with Crippen LogP contribution in [0.2, 0.25) is 5.02 Å². The first kappa shape index (κ1) is 40.7. The minimum atomic E-state index is -4.78. The third-order valence-electron chi connectivity index (χ3n) is 8.79. The molecule has 3 aromatic carbocycles. The van der Waals surface area contributed by atoms with E-state index in [0.717, 1.165) is 29.8 Å². The van der Waals surface area contributed by atoms with Crippen molar-refractivity contribution in [1.29, 1.82) is 0 Å². The standard InChI is InChI=1S/C21H22ClF3N2O3.C14H17F3N2O3/c1-26(16-6-8-17(9-7-16)30-21(23,24)25)19(28)20(29)10-12-27(13-11-20)14-15-4-2-3-5-18(15)22;1-19(12(20)13(21)6-8-18-9-7-13)10-2-4-11(5-3-10)22-14(15,16)17/h2-9,29H,10-14H2,1H3;2-5,18,21H,6-9H2,1H3. The molecule has 2 aliphatic heterocycles. The number of benzene rings is 3. The second-order valence-electron chi connectivity index (χ2n) is 12.5. The van der Waals surface area contributed by atoms with Crippen molar-refractivity contribution in [3.63, 3.8) is 0 Å². The molecule has 3 N–H and O–H groups in total. The Morgan fingerprint density at radius 1 is 0.731 bits per heavy atom. The SMILES string of the molecule is CN(C(=O)C1(O)CCN(Cc2ccccc2Cl)CC1)c1ccc(OC(F)(F)F)cc1.CN(C(=O)C1(O)CCNCC1)c1ccc(OC(F)(F)F)cc1. The van der Waals surface area contributed by atoms with E-state index in [1.807, 2.05) is 24.3 Å². The monoisotopic (exact) mass is 760 g/mol. The number of carbonyl (C=O) groups excluding carboxylic acids is 2. The summed E-state index contributed by atoms with van der Waals surface area (Å²) in [5, 5.41) is 25.0. The molecular weight excluding hydrogens is 722 g/mol. The van der Waals surface area contributed by atoms with Crippen LogP contribution >= 0.6 is 11.6 Å². The van der Waals surface area contributed by atoms with E-state index in [1.54, 1.807) is 0 Å². The fourth-order valence-corrected chi connectivity index (χ4v) is 6.01. The molecule has 2 aliphatic rings. The van der Waals surface area contributed by atoms with Crippen molar-refractivity contribution in [3.05, 3.63) is 83.4 Å². The van der Waals surface area contributed by atoms with Gasteiger partial charge in [-0.3, -0.25) is 14.5 Å². The number of alkyl halides is 6. The highest BCUT2D eigenvalue weighted by Gasteiger charge is 2.42. The largest absolute Gasteiger partial charge is 0.573 e. The zero-order valence-electron chi connectivity index (χ0n) is 28.3. The molecular formula is C35H39ClF6N4O6. The lowest BCUT2D eigenvalue weighted by atomic mass is 9.89. The maximum atomic E-state index is 12.9. The van der Waals surface area contributed by atoms with Gasteiger partial charge in [0.05, 0.1) is 0 Å². The molecule has 2 amide bonds. The van der Waals surface area contributed by atoms with Crippen molar-refractivity contribution < 1.29 is 55.6 Å². The summed E-state index contributed by atoms with van der Waals surface area (Å²) in [4.78, 5) is 29.9. The number of likely N-dealkylation sites (tertiary alicyclic amines) is 1. The van der Waals surface area contributed by atoms with Gasteiger partial charge in [-0.05, 0) is 98.9 Å². The number of piperidine rings is 2. The molecule has 2 heterocycles. The van der Waals surface area contributed by atoms with Crippen LogP contribution in [0, 0.1) is 0 Å². The van der Waals surface area contributed by atoms with Gasteiger partial charge in [-0.2, -0.15) is 0 Å². The van der Waals surface area contributed by atoms with E-state index < -0.39 is 35.7 Å². The van der Waals surface area contributed by atoms with E-state index in [0.29, 0.717) is 62.0 Å². The van der Waals surface area contributed by atoms with Gasteiger partial charge in [0.25, 0.3) is 11.8 Å². The molecule has 3 aromatic rings. The predicted molar refractivity (Wildman–Crippen MR) is 181 cm³/mol. The van der Waals surface area contributed by atoms with Gasteiger partial charge in [-0.25, -0.2) is 0 Å². The summed E-state index contributed by atoms with van der Waals surface area (Å²) < 4.78 is 80.7. The van der Waals surface area contributed by atoms with Gasteiger partial charge in [0.15, 0.2) is 0 Å². The van der Waals surface area contributed by atoms with Crippen LogP contribution < -0.4 is 24.6 Å². The number of likely N-dealkylation sites (N-methyl/N-ethyl adjacent to an activating group) is 2. The lowest BCUT2D eigenvalue weighted by Crippen LogP contribution is -2.54. The number of aliphatic hydroxyl groups is 2. The summed E-state index contributed by atoms with van der Waals surface area (Å²) in [6.07, 6.45) is -8.45. The number of hydrogen-bond donors (Lipinski definition) is 3. The van der Waals surface area contributed by atoms with E-state index in [1.165, 1.54) is 48.2 Å². The Bertz CT molecular complexity index is 1650. The molecule has 10 nitrogen and oxygen atoms in total. The van der Waals surface area contributed by atoms with Crippen molar-refractivity contribution in [2.24, 2.45) is 0 Å². The highest BCUT2D eigenvalue weighted by molar-refractivity contribution is 6.31. The summed E-state index contributed by atoms with van der Waals surface area (Å²) >= 11 is 6.20. The van der Waals surface area contributed by atoms with Gasteiger partial charge in [-0.15, -0.1) is 26.3 Å². The number of anilines is 2. The smallest absolute Gasteiger partial charge is 0.406 e. The molecule has 0 atom stereocenters. The molecule has 17 heteroatoms. The molecule has 0 aliphatic carbocycles. The third kappa shape index (κ3) is 11.2. The first-order valence-electron chi connectivity index (χ1n) is 16.2. The number of rotatable bonds is 8. The normalized spacial score (nSPS) is 17.3. The van der Waals surface area contributed by atoms with E-state index in [-0.39, 0.29) is 24.3 Å². The van der Waals surface area contributed by atoms with Crippen molar-refractivity contribution >= 4 is 34.8 Å². The average Bonchev–Trinajstić information content (AvgIpc) is 3.09. The van der Waals surface area contributed by atoms with E-state index in [2.05, 4.69) is 19.7 Å². The lowest BCUT2D eigenvalue weighted by molar-refractivity contribution is -0.275. The number of amides is 2. The van der Waals surface area contributed by atoms with E-state index >= 15 is 0 Å². The molecule has 2 fully saturated rings. The molecule has 284 valence electrons. The second kappa shape index (κ2) is 16.7. The van der Waals surface area contributed by atoms with E-state index in [9.17, 15) is 46.1 Å². The average molecular weight is 761 g/mol. The Balaban J connectivity index is 0.000000244. The predicted octanol–water partition coefficient (Wildman–Crippen LogP) is 5.89. The molecule has 5 rings (SSSR count). The topological polar surface area (TPSA) is 115 Å². The molecule has 0 spiro atoms. The van der Waals surface area contributed by atoms with Gasteiger partial charge < -0.3 is 34.8 Å². The molecule has 0 radical (unpaired) electrons. The number of ether oxygens (including phenoxy) is 2. The van der Waals surface area contributed by atoms with Crippen LogP contribution in [0.4, 0.5) is 37.7 Å². The van der Waals surface area contributed by atoms with Crippen LogP contribution in [-0.2, 0) is 16.1 Å². The van der Waals surface area contributed by atoms with Crippen molar-refractivity contribution in [2.45, 2.75) is 56.2 Å². The number of nitrogens with zero attached hydrogens (tertiary/aromatic N) is 3. The number of hydrogen-bond acceptors (Lipinski definition) is 8. The van der Waals surface area contributed by atoms with Crippen molar-refractivity contribution in [1.82, 2.24) is 10.2 Å². The van der Waals surface area contributed by atoms with Crippen LogP contribution in [0.1, 0.15) is 31.2 Å². The van der Waals surface area contributed by atoms with Crippen LogP contribution in [0.3, 0.4) is 0 Å². The molecule has 0 saturated carbocycles. The van der Waals surface area contributed by atoms with Gasteiger partial charge >= 0.3 is 12.7 Å². The summed E-state index contributed by atoms with van der Waals surface area (Å²) in [5.74, 6) is -1.71. The van der Waals surface area contributed by atoms with Crippen LogP contribution in [0.5, 0.6) is 11.5 Å². The number of halogens is 7. The zero-order valence-corrected chi connectivity index (χ0v) is 29.1. The maximum Gasteiger partial charge on any atom is 0.573 e. The minimum absolute atomic E-state index is 0.246. The van der Waals surface area contributed by atoms with Gasteiger partial charge in [0.1, 0.15) is 22.7 Å². The van der Waals surface area contributed by atoms with Crippen molar-refractivity contribution in [2.75, 3.05) is 50.1 Å². The number of nitrogens with one attached hydrogen (secondary N) is 1. The Morgan fingerprint density at radius 3 is 1.54 bits per heavy atom. The summed E-state index contributed by atoms with van der Waals surface area (Å²) in [6.45, 7) is 2.72. The summed E-state index contributed by atoms with van der Waals surface area (Å²) in [7, 11) is 2.96. The first-order chi connectivity index (χ1) is 24.3. The first-order valence-corrected chi connectivity index (χ1v) is 16.6. The maximum absolute atomic E-state index is 12.9. The lowest BCUT2D eigenvalue weighted by Gasteiger charge is -2.39. The molecule has 2 saturated heterocycles. The second-order valence-corrected chi connectivity index (χ2v) is 12.9. The quantitative estimate of drug-likeness (QED) is 0.244. The highest BCUT2D eigenvalue weighted by Crippen LogP contribution is 2.31. The van der Waals surface area contributed by atoms with Crippen LogP contribution in [-0.4, -0.2) is 91.1 Å². The van der Waals surface area contributed by atoms with Crippen molar-refractivity contribution in [3.8, 4) is 11.5 Å². The van der Waals surface area contributed by atoms with Gasteiger partial charge in [0.2, 0.25) is 0 Å². The van der Waals surface area contributed by atoms with Crippen LogP contribution in [0.15, 0.2) is 72.8 Å². The fourth-order valence-electron chi connectivity index (χ4n) is 5.82. The van der Waals surface area contributed by atoms with E-state index in [4.69, 9.17) is 11.6 Å². The third-order valence-corrected chi connectivity index (χ3v) is 9.16. The Labute approximate surface area is 301 Å².